The molecule has 0 atom stereocenters. The van der Waals surface area contributed by atoms with Crippen LogP contribution in [0.4, 0.5) is 5.82 Å². The number of carbonyl (C=O) groups is 1. The first-order valence-corrected chi connectivity index (χ1v) is 6.57. The summed E-state index contributed by atoms with van der Waals surface area (Å²) < 4.78 is 0. The van der Waals surface area contributed by atoms with Crippen LogP contribution in [0.1, 0.15) is 29.9 Å². The molecule has 20 heavy (non-hydrogen) atoms. The Hall–Kier alpha value is -2.43. The first-order valence-electron chi connectivity index (χ1n) is 6.57. The summed E-state index contributed by atoms with van der Waals surface area (Å²) in [6.07, 6.45) is 0. The zero-order valence-electron chi connectivity index (χ0n) is 11.6. The van der Waals surface area contributed by atoms with Gasteiger partial charge in [-0.3, -0.25) is 4.79 Å². The molecule has 2 aromatic rings. The van der Waals surface area contributed by atoms with Crippen LogP contribution in [0.2, 0.25) is 0 Å². The lowest BCUT2D eigenvalue weighted by Crippen LogP contribution is -2.30. The maximum Gasteiger partial charge on any atom is 0.271 e. The van der Waals surface area contributed by atoms with Crippen molar-refractivity contribution in [3.05, 3.63) is 53.7 Å². The first-order chi connectivity index (χ1) is 9.65. The minimum absolute atomic E-state index is 0.0835. The predicted molar refractivity (Wildman–Crippen MR) is 78.4 cm³/mol. The summed E-state index contributed by atoms with van der Waals surface area (Å²) in [4.78, 5) is 11.7. The molecule has 0 saturated heterocycles. The lowest BCUT2D eigenvalue weighted by molar-refractivity contribution is 0.0937. The Balaban J connectivity index is 1.93. The molecule has 0 unspecified atom stereocenters. The summed E-state index contributed by atoms with van der Waals surface area (Å²) in [5.41, 5.74) is 1.49. The summed E-state index contributed by atoms with van der Waals surface area (Å²) >= 11 is 0. The number of benzene rings is 1. The molecular formula is C15H18N4O. The highest BCUT2D eigenvalue weighted by atomic mass is 16.1. The van der Waals surface area contributed by atoms with Crippen LogP contribution < -0.4 is 10.6 Å². The van der Waals surface area contributed by atoms with E-state index in [0.29, 0.717) is 18.1 Å². The molecule has 0 aliphatic rings. The van der Waals surface area contributed by atoms with Crippen LogP contribution in [0.15, 0.2) is 42.5 Å². The molecule has 0 radical (unpaired) electrons. The fraction of sp³-hybridized carbons (Fsp3) is 0.267. The molecule has 1 amide bonds. The second-order valence-electron chi connectivity index (χ2n) is 4.77. The zero-order valence-corrected chi connectivity index (χ0v) is 11.6. The Morgan fingerprint density at radius 3 is 2.45 bits per heavy atom. The van der Waals surface area contributed by atoms with E-state index in [2.05, 4.69) is 20.8 Å². The van der Waals surface area contributed by atoms with E-state index >= 15 is 0 Å². The number of rotatable bonds is 5. The molecule has 5 nitrogen and oxygen atoms in total. The first kappa shape index (κ1) is 14.0. The Kier molecular flexibility index (Phi) is 4.65. The van der Waals surface area contributed by atoms with Crippen molar-refractivity contribution < 1.29 is 4.79 Å². The van der Waals surface area contributed by atoms with Crippen LogP contribution in [0.5, 0.6) is 0 Å². The van der Waals surface area contributed by atoms with Crippen molar-refractivity contribution in [1.29, 1.82) is 0 Å². The van der Waals surface area contributed by atoms with Crippen molar-refractivity contribution in [3.63, 3.8) is 0 Å². The van der Waals surface area contributed by atoms with E-state index < -0.39 is 0 Å². The Bertz CT molecular complexity index is 552. The van der Waals surface area contributed by atoms with Gasteiger partial charge in [-0.05, 0) is 31.5 Å². The van der Waals surface area contributed by atoms with Gasteiger partial charge in [0.25, 0.3) is 5.91 Å². The van der Waals surface area contributed by atoms with Crippen LogP contribution in [0.3, 0.4) is 0 Å². The number of hydrogen-bond donors (Lipinski definition) is 2. The number of aromatic nitrogens is 2. The second-order valence-corrected chi connectivity index (χ2v) is 4.77. The van der Waals surface area contributed by atoms with E-state index in [1.165, 1.54) is 0 Å². The third kappa shape index (κ3) is 4.05. The number of nitrogens with zero attached hydrogens (tertiary/aromatic N) is 2. The topological polar surface area (TPSA) is 66.9 Å². The number of hydrogen-bond acceptors (Lipinski definition) is 4. The van der Waals surface area contributed by atoms with Gasteiger partial charge in [0, 0.05) is 12.6 Å². The van der Waals surface area contributed by atoms with Gasteiger partial charge >= 0.3 is 0 Å². The molecule has 0 saturated carbocycles. The van der Waals surface area contributed by atoms with Gasteiger partial charge in [-0.15, -0.1) is 10.2 Å². The van der Waals surface area contributed by atoms with Crippen LogP contribution in [-0.2, 0) is 6.54 Å². The highest BCUT2D eigenvalue weighted by molar-refractivity contribution is 5.92. The van der Waals surface area contributed by atoms with Gasteiger partial charge in [0.05, 0.1) is 0 Å². The summed E-state index contributed by atoms with van der Waals surface area (Å²) in [6.45, 7) is 4.48. The van der Waals surface area contributed by atoms with Gasteiger partial charge in [0.1, 0.15) is 5.82 Å². The van der Waals surface area contributed by atoms with Gasteiger partial charge in [-0.1, -0.05) is 30.3 Å². The van der Waals surface area contributed by atoms with Crippen molar-refractivity contribution in [2.24, 2.45) is 0 Å². The summed E-state index contributed by atoms with van der Waals surface area (Å²) in [5.74, 6) is 0.442. The number of anilines is 1. The second kappa shape index (κ2) is 6.65. The molecule has 104 valence electrons. The highest BCUT2D eigenvalue weighted by Gasteiger charge is 2.08. The van der Waals surface area contributed by atoms with Crippen molar-refractivity contribution >= 4 is 11.7 Å². The monoisotopic (exact) mass is 270 g/mol. The number of nitrogens with one attached hydrogen (secondary N) is 2. The van der Waals surface area contributed by atoms with Crippen molar-refractivity contribution in [1.82, 2.24) is 15.5 Å². The molecule has 5 heteroatoms. The van der Waals surface area contributed by atoms with Crippen LogP contribution in [0.25, 0.3) is 0 Å². The molecule has 0 spiro atoms. The maximum atomic E-state index is 11.7. The fourth-order valence-corrected chi connectivity index (χ4v) is 1.67. The standard InChI is InChI=1S/C15H18N4O/c1-11(2)17-15(20)13-8-9-14(19-18-13)16-10-12-6-4-3-5-7-12/h3-9,11H,10H2,1-2H3,(H,16,19)(H,17,20). The van der Waals surface area contributed by atoms with E-state index in [-0.39, 0.29) is 11.9 Å². The third-order valence-electron chi connectivity index (χ3n) is 2.63. The Morgan fingerprint density at radius 1 is 1.10 bits per heavy atom. The van der Waals surface area contributed by atoms with Crippen molar-refractivity contribution in [3.8, 4) is 0 Å². The van der Waals surface area contributed by atoms with Crippen LogP contribution >= 0.6 is 0 Å². The quantitative estimate of drug-likeness (QED) is 0.874. The van der Waals surface area contributed by atoms with Crippen LogP contribution in [-0.4, -0.2) is 22.1 Å². The van der Waals surface area contributed by atoms with Crippen LogP contribution in [0, 0.1) is 0 Å². The zero-order chi connectivity index (χ0) is 14.4. The van der Waals surface area contributed by atoms with E-state index in [4.69, 9.17) is 0 Å². The van der Waals surface area contributed by atoms with Gasteiger partial charge in [0.15, 0.2) is 5.69 Å². The van der Waals surface area contributed by atoms with E-state index in [1.807, 2.05) is 44.2 Å². The molecular weight excluding hydrogens is 252 g/mol. The molecule has 1 aromatic heterocycles. The number of amides is 1. The smallest absolute Gasteiger partial charge is 0.271 e. The highest BCUT2D eigenvalue weighted by Crippen LogP contribution is 2.06. The number of carbonyl (C=O) groups excluding carboxylic acids is 1. The molecule has 0 bridgehead atoms. The Morgan fingerprint density at radius 2 is 1.85 bits per heavy atom. The molecule has 0 aliphatic carbocycles. The van der Waals surface area contributed by atoms with E-state index in [0.717, 1.165) is 5.56 Å². The minimum atomic E-state index is -0.206. The van der Waals surface area contributed by atoms with Crippen molar-refractivity contribution in [2.45, 2.75) is 26.4 Å². The molecule has 0 fully saturated rings. The van der Waals surface area contributed by atoms with Gasteiger partial charge in [0.2, 0.25) is 0 Å². The van der Waals surface area contributed by atoms with Gasteiger partial charge in [-0.25, -0.2) is 0 Å². The molecule has 1 heterocycles. The van der Waals surface area contributed by atoms with Crippen molar-refractivity contribution in [2.75, 3.05) is 5.32 Å². The average molecular weight is 270 g/mol. The minimum Gasteiger partial charge on any atom is -0.365 e. The normalized spacial score (nSPS) is 10.3. The van der Waals surface area contributed by atoms with E-state index in [1.54, 1.807) is 12.1 Å². The predicted octanol–water partition coefficient (Wildman–Crippen LogP) is 2.23. The lowest BCUT2D eigenvalue weighted by Gasteiger charge is -2.08. The third-order valence-corrected chi connectivity index (χ3v) is 2.63. The average Bonchev–Trinajstić information content (AvgIpc) is 2.46. The summed E-state index contributed by atoms with van der Waals surface area (Å²) in [5, 5.41) is 13.9. The molecule has 2 rings (SSSR count). The van der Waals surface area contributed by atoms with Gasteiger partial charge < -0.3 is 10.6 Å². The largest absolute Gasteiger partial charge is 0.365 e. The maximum absolute atomic E-state index is 11.7. The SMILES string of the molecule is CC(C)NC(=O)c1ccc(NCc2ccccc2)nn1. The summed E-state index contributed by atoms with van der Waals surface area (Å²) in [6, 6.07) is 13.5. The molecule has 1 aromatic carbocycles. The van der Waals surface area contributed by atoms with Gasteiger partial charge in [-0.2, -0.15) is 0 Å². The molecule has 0 aliphatic heterocycles. The molecule has 2 N–H and O–H groups in total. The Labute approximate surface area is 118 Å². The lowest BCUT2D eigenvalue weighted by atomic mass is 10.2. The van der Waals surface area contributed by atoms with E-state index in [9.17, 15) is 4.79 Å². The fourth-order valence-electron chi connectivity index (χ4n) is 1.67. The summed E-state index contributed by atoms with van der Waals surface area (Å²) in [7, 11) is 0.